The van der Waals surface area contributed by atoms with Gasteiger partial charge in [0.05, 0.1) is 12.2 Å². The first-order valence-electron chi connectivity index (χ1n) is 8.57. The van der Waals surface area contributed by atoms with Crippen molar-refractivity contribution in [3.05, 3.63) is 70.8 Å². The van der Waals surface area contributed by atoms with Crippen LogP contribution in [0.3, 0.4) is 0 Å². The second kappa shape index (κ2) is 10.4. The molecule has 2 amide bonds. The fourth-order valence-electron chi connectivity index (χ4n) is 2.53. The van der Waals surface area contributed by atoms with Crippen LogP contribution in [0.25, 0.3) is 0 Å². The first kappa shape index (κ1) is 20.5. The second-order valence-corrected chi connectivity index (χ2v) is 5.96. The van der Waals surface area contributed by atoms with Crippen molar-refractivity contribution in [1.29, 1.82) is 0 Å². The molecule has 0 aliphatic carbocycles. The third-order valence-corrected chi connectivity index (χ3v) is 3.94. The summed E-state index contributed by atoms with van der Waals surface area (Å²) in [6.45, 7) is 1.08. The molecule has 0 aliphatic heterocycles. The molecule has 2 aromatic carbocycles. The zero-order chi connectivity index (χ0) is 19.6. The molecule has 0 fully saturated rings. The highest BCUT2D eigenvalue weighted by atomic mass is 19.1. The Bertz CT molecular complexity index is 797. The van der Waals surface area contributed by atoms with Crippen molar-refractivity contribution < 1.29 is 23.1 Å². The fraction of sp³-hybridized carbons (Fsp3) is 0.300. The van der Waals surface area contributed by atoms with Crippen molar-refractivity contribution in [1.82, 2.24) is 10.6 Å². The van der Waals surface area contributed by atoms with Gasteiger partial charge in [0.2, 0.25) is 5.91 Å². The zero-order valence-electron chi connectivity index (χ0n) is 15.1. The molecule has 0 atom stereocenters. The van der Waals surface area contributed by atoms with Crippen LogP contribution < -0.4 is 10.6 Å². The minimum Gasteiger partial charge on any atom is -0.380 e. The molecule has 0 radical (unpaired) electrons. The van der Waals surface area contributed by atoms with Crippen molar-refractivity contribution in [2.24, 2.45) is 0 Å². The summed E-state index contributed by atoms with van der Waals surface area (Å²) in [6, 6.07) is 10.4. The molecule has 2 rings (SSSR count). The number of nitrogens with one attached hydrogen (secondary N) is 2. The van der Waals surface area contributed by atoms with E-state index in [2.05, 4.69) is 10.6 Å². The van der Waals surface area contributed by atoms with Crippen molar-refractivity contribution in [3.63, 3.8) is 0 Å². The molecule has 0 saturated carbocycles. The highest BCUT2D eigenvalue weighted by Gasteiger charge is 2.12. The van der Waals surface area contributed by atoms with Gasteiger partial charge in [-0.3, -0.25) is 9.59 Å². The Morgan fingerprint density at radius 1 is 1.04 bits per heavy atom. The van der Waals surface area contributed by atoms with Crippen LogP contribution in [-0.4, -0.2) is 25.5 Å². The number of methoxy groups -OCH3 is 1. The van der Waals surface area contributed by atoms with E-state index in [1.807, 2.05) is 24.3 Å². The van der Waals surface area contributed by atoms with Crippen LogP contribution in [0.1, 0.15) is 34.3 Å². The molecule has 2 aromatic rings. The molecule has 27 heavy (non-hydrogen) atoms. The molecule has 0 aliphatic rings. The van der Waals surface area contributed by atoms with Crippen molar-refractivity contribution in [2.45, 2.75) is 26.0 Å². The van der Waals surface area contributed by atoms with E-state index < -0.39 is 17.5 Å². The molecule has 0 spiro atoms. The Balaban J connectivity index is 1.71. The van der Waals surface area contributed by atoms with Gasteiger partial charge in [0.15, 0.2) is 0 Å². The average molecular weight is 376 g/mol. The van der Waals surface area contributed by atoms with Gasteiger partial charge in [-0.2, -0.15) is 0 Å². The normalized spacial score (nSPS) is 10.5. The molecule has 7 heteroatoms. The zero-order valence-corrected chi connectivity index (χ0v) is 15.1. The van der Waals surface area contributed by atoms with Crippen LogP contribution in [-0.2, 0) is 22.7 Å². The van der Waals surface area contributed by atoms with Gasteiger partial charge in [0, 0.05) is 32.7 Å². The topological polar surface area (TPSA) is 67.4 Å². The van der Waals surface area contributed by atoms with Gasteiger partial charge in [0.1, 0.15) is 11.6 Å². The van der Waals surface area contributed by atoms with Gasteiger partial charge in [0.25, 0.3) is 5.91 Å². The predicted molar refractivity (Wildman–Crippen MR) is 96.9 cm³/mol. The third kappa shape index (κ3) is 6.45. The maximum Gasteiger partial charge on any atom is 0.254 e. The third-order valence-electron chi connectivity index (χ3n) is 3.94. The van der Waals surface area contributed by atoms with E-state index in [-0.39, 0.29) is 24.4 Å². The summed E-state index contributed by atoms with van der Waals surface area (Å²) in [5.74, 6) is -2.45. The largest absolute Gasteiger partial charge is 0.380 e. The Morgan fingerprint density at radius 3 is 2.48 bits per heavy atom. The van der Waals surface area contributed by atoms with Gasteiger partial charge < -0.3 is 15.4 Å². The molecule has 5 nitrogen and oxygen atoms in total. The van der Waals surface area contributed by atoms with Crippen molar-refractivity contribution in [2.75, 3.05) is 13.7 Å². The van der Waals surface area contributed by atoms with E-state index in [0.717, 1.165) is 23.3 Å². The fourth-order valence-corrected chi connectivity index (χ4v) is 2.53. The molecule has 2 N–H and O–H groups in total. The lowest BCUT2D eigenvalue weighted by Gasteiger charge is -2.10. The van der Waals surface area contributed by atoms with Crippen LogP contribution in [0.5, 0.6) is 0 Å². The summed E-state index contributed by atoms with van der Waals surface area (Å²) in [4.78, 5) is 23.8. The van der Waals surface area contributed by atoms with Gasteiger partial charge >= 0.3 is 0 Å². The first-order valence-corrected chi connectivity index (χ1v) is 8.57. The van der Waals surface area contributed by atoms with E-state index in [1.165, 1.54) is 0 Å². The Kier molecular flexibility index (Phi) is 7.88. The van der Waals surface area contributed by atoms with Crippen LogP contribution in [0, 0.1) is 11.6 Å². The quantitative estimate of drug-likeness (QED) is 0.662. The van der Waals surface area contributed by atoms with Crippen LogP contribution in [0.4, 0.5) is 8.78 Å². The highest BCUT2D eigenvalue weighted by Crippen LogP contribution is 2.10. The standard InChI is InChI=1S/C20H22F2N2O3/c1-27-13-15-6-3-2-5-14(15)12-24-19(25)7-4-10-23-20(26)17-9-8-16(21)11-18(17)22/h2-3,5-6,8-9,11H,4,7,10,12-13H2,1H3,(H,23,26)(H,24,25). The number of hydrogen-bond donors (Lipinski definition) is 2. The van der Waals surface area contributed by atoms with E-state index >= 15 is 0 Å². The van der Waals surface area contributed by atoms with Gasteiger partial charge in [-0.05, 0) is 29.7 Å². The number of amides is 2. The minimum absolute atomic E-state index is 0.149. The SMILES string of the molecule is COCc1ccccc1CNC(=O)CCCNC(=O)c1ccc(F)cc1F. The van der Waals surface area contributed by atoms with Crippen LogP contribution in [0.15, 0.2) is 42.5 Å². The van der Waals surface area contributed by atoms with Crippen LogP contribution in [0.2, 0.25) is 0 Å². The number of carbonyl (C=O) groups excluding carboxylic acids is 2. The van der Waals surface area contributed by atoms with Gasteiger partial charge in [-0.25, -0.2) is 8.78 Å². The van der Waals surface area contributed by atoms with Gasteiger partial charge in [-0.1, -0.05) is 24.3 Å². The summed E-state index contributed by atoms with van der Waals surface area (Å²) < 4.78 is 31.5. The molecular weight excluding hydrogens is 354 g/mol. The van der Waals surface area contributed by atoms with E-state index in [0.29, 0.717) is 25.6 Å². The number of benzene rings is 2. The average Bonchev–Trinajstić information content (AvgIpc) is 2.64. The molecule has 0 heterocycles. The van der Waals surface area contributed by atoms with Crippen LogP contribution >= 0.6 is 0 Å². The highest BCUT2D eigenvalue weighted by molar-refractivity contribution is 5.94. The second-order valence-electron chi connectivity index (χ2n) is 5.96. The predicted octanol–water partition coefficient (Wildman–Crippen LogP) is 2.94. The maximum atomic E-state index is 13.5. The van der Waals surface area contributed by atoms with E-state index in [9.17, 15) is 18.4 Å². The molecule has 144 valence electrons. The van der Waals surface area contributed by atoms with Gasteiger partial charge in [-0.15, -0.1) is 0 Å². The molecule has 0 bridgehead atoms. The summed E-state index contributed by atoms with van der Waals surface area (Å²) in [5, 5.41) is 5.34. The number of carbonyl (C=O) groups is 2. The summed E-state index contributed by atoms with van der Waals surface area (Å²) >= 11 is 0. The first-order chi connectivity index (χ1) is 13.0. The molecular formula is C20H22F2N2O3. The Morgan fingerprint density at radius 2 is 1.78 bits per heavy atom. The lowest BCUT2D eigenvalue weighted by molar-refractivity contribution is -0.121. The number of ether oxygens (including phenoxy) is 1. The molecule has 0 aromatic heterocycles. The van der Waals surface area contributed by atoms with Crippen molar-refractivity contribution >= 4 is 11.8 Å². The molecule has 0 saturated heterocycles. The molecule has 0 unspecified atom stereocenters. The Labute approximate surface area is 156 Å². The number of halogens is 2. The van der Waals surface area contributed by atoms with Crippen molar-refractivity contribution in [3.8, 4) is 0 Å². The summed E-state index contributed by atoms with van der Waals surface area (Å²) in [6.07, 6.45) is 0.624. The van der Waals surface area contributed by atoms with E-state index in [4.69, 9.17) is 4.74 Å². The summed E-state index contributed by atoms with van der Waals surface area (Å²) in [7, 11) is 1.61. The lowest BCUT2D eigenvalue weighted by Crippen LogP contribution is -2.28. The monoisotopic (exact) mass is 376 g/mol. The lowest BCUT2D eigenvalue weighted by atomic mass is 10.1. The Hall–Kier alpha value is -2.80. The minimum atomic E-state index is -0.917. The number of hydrogen-bond acceptors (Lipinski definition) is 3. The summed E-state index contributed by atoms with van der Waals surface area (Å²) in [5.41, 5.74) is 1.76. The number of rotatable bonds is 9. The maximum absolute atomic E-state index is 13.5. The van der Waals surface area contributed by atoms with E-state index in [1.54, 1.807) is 7.11 Å². The smallest absolute Gasteiger partial charge is 0.254 e.